The van der Waals surface area contributed by atoms with Crippen molar-refractivity contribution in [2.24, 2.45) is 5.14 Å². The van der Waals surface area contributed by atoms with Crippen molar-refractivity contribution in [2.75, 3.05) is 11.4 Å². The van der Waals surface area contributed by atoms with E-state index in [2.05, 4.69) is 4.98 Å². The van der Waals surface area contributed by atoms with Crippen molar-refractivity contribution < 1.29 is 23.1 Å². The van der Waals surface area contributed by atoms with Crippen LogP contribution in [0.5, 0.6) is 0 Å². The second-order valence-corrected chi connectivity index (χ2v) is 6.00. The van der Waals surface area contributed by atoms with E-state index in [0.29, 0.717) is 0 Å². The molecule has 1 fully saturated rings. The zero-order valence-corrected chi connectivity index (χ0v) is 10.5. The summed E-state index contributed by atoms with van der Waals surface area (Å²) in [6, 6.07) is 1.26. The summed E-state index contributed by atoms with van der Waals surface area (Å²) in [5.41, 5.74) is 0.167. The lowest BCUT2D eigenvalue weighted by Gasteiger charge is -2.16. The highest BCUT2D eigenvalue weighted by atomic mass is 32.2. The molecule has 0 spiro atoms. The Balaban J connectivity index is 2.31. The maximum atomic E-state index is 11.7. The summed E-state index contributed by atoms with van der Waals surface area (Å²) < 4.78 is 22.4. The second kappa shape index (κ2) is 4.59. The van der Waals surface area contributed by atoms with E-state index in [4.69, 9.17) is 10.2 Å². The Hall–Kier alpha value is -2.00. The molecule has 2 heterocycles. The zero-order chi connectivity index (χ0) is 14.2. The van der Waals surface area contributed by atoms with Gasteiger partial charge in [-0.3, -0.25) is 9.78 Å². The lowest BCUT2D eigenvalue weighted by atomic mass is 10.2. The predicted molar refractivity (Wildman–Crippen MR) is 65.1 cm³/mol. The summed E-state index contributed by atoms with van der Waals surface area (Å²) in [6.45, 7) is -0.0948. The Kier molecular flexibility index (Phi) is 3.25. The van der Waals surface area contributed by atoms with E-state index >= 15 is 0 Å². The number of nitrogens with two attached hydrogens (primary N) is 1. The van der Waals surface area contributed by atoms with Crippen LogP contribution in [0.4, 0.5) is 5.69 Å². The van der Waals surface area contributed by atoms with Gasteiger partial charge in [0.2, 0.25) is 15.9 Å². The average molecular weight is 285 g/mol. The highest BCUT2D eigenvalue weighted by Gasteiger charge is 2.37. The SMILES string of the molecule is NS(=O)(=O)C1CC(=O)N(c2cncc(C(=O)O)c2)C1. The molecule has 0 saturated carbocycles. The number of carbonyl (C=O) groups is 2. The molecule has 3 N–H and O–H groups in total. The minimum absolute atomic E-state index is 0.0793. The molecule has 9 heteroatoms. The van der Waals surface area contributed by atoms with Gasteiger partial charge in [0, 0.05) is 19.2 Å². The van der Waals surface area contributed by atoms with Crippen LogP contribution >= 0.6 is 0 Å². The van der Waals surface area contributed by atoms with E-state index in [9.17, 15) is 18.0 Å². The number of pyridine rings is 1. The third-order valence-electron chi connectivity index (χ3n) is 2.84. The van der Waals surface area contributed by atoms with Crippen LogP contribution in [0.25, 0.3) is 0 Å². The summed E-state index contributed by atoms with van der Waals surface area (Å²) in [5.74, 6) is -1.60. The quantitative estimate of drug-likeness (QED) is 0.745. The number of anilines is 1. The van der Waals surface area contributed by atoms with Crippen molar-refractivity contribution >= 4 is 27.6 Å². The molecule has 0 bridgehead atoms. The largest absolute Gasteiger partial charge is 0.478 e. The summed E-state index contributed by atoms with van der Waals surface area (Å²) >= 11 is 0. The Labute approximate surface area is 108 Å². The summed E-state index contributed by atoms with van der Waals surface area (Å²) in [6.07, 6.45) is 2.23. The van der Waals surface area contributed by atoms with Gasteiger partial charge in [-0.05, 0) is 6.07 Å². The fraction of sp³-hybridized carbons (Fsp3) is 0.300. The van der Waals surface area contributed by atoms with Gasteiger partial charge in [0.05, 0.1) is 17.4 Å². The molecule has 19 heavy (non-hydrogen) atoms. The third kappa shape index (κ3) is 2.71. The molecular weight excluding hydrogens is 274 g/mol. The number of carboxylic acid groups (broad SMARTS) is 1. The van der Waals surface area contributed by atoms with Crippen LogP contribution in [0, 0.1) is 0 Å². The molecule has 1 atom stereocenters. The number of nitrogens with zero attached hydrogens (tertiary/aromatic N) is 2. The van der Waals surface area contributed by atoms with Gasteiger partial charge < -0.3 is 10.0 Å². The number of aromatic carboxylic acids is 1. The molecule has 1 saturated heterocycles. The minimum Gasteiger partial charge on any atom is -0.478 e. The first-order chi connectivity index (χ1) is 8.79. The number of rotatable bonds is 3. The molecule has 0 aliphatic carbocycles. The first-order valence-corrected chi connectivity index (χ1v) is 6.90. The summed E-state index contributed by atoms with van der Waals surface area (Å²) in [7, 11) is -3.80. The fourth-order valence-electron chi connectivity index (χ4n) is 1.84. The van der Waals surface area contributed by atoms with E-state index in [1.165, 1.54) is 17.2 Å². The Bertz CT molecular complexity index is 642. The Morgan fingerprint density at radius 3 is 2.68 bits per heavy atom. The van der Waals surface area contributed by atoms with Gasteiger partial charge >= 0.3 is 5.97 Å². The summed E-state index contributed by atoms with van der Waals surface area (Å²) in [4.78, 5) is 27.4. The topological polar surface area (TPSA) is 131 Å². The van der Waals surface area contributed by atoms with Crippen molar-refractivity contribution in [3.05, 3.63) is 24.0 Å². The molecule has 102 valence electrons. The van der Waals surface area contributed by atoms with Crippen LogP contribution in [0.2, 0.25) is 0 Å². The van der Waals surface area contributed by atoms with E-state index < -0.39 is 27.1 Å². The van der Waals surface area contributed by atoms with Crippen LogP contribution in [-0.2, 0) is 14.8 Å². The average Bonchev–Trinajstić information content (AvgIpc) is 2.71. The van der Waals surface area contributed by atoms with Gasteiger partial charge in [-0.25, -0.2) is 18.4 Å². The Morgan fingerprint density at radius 1 is 1.47 bits per heavy atom. The van der Waals surface area contributed by atoms with Gasteiger partial charge in [-0.2, -0.15) is 0 Å². The molecule has 1 aromatic heterocycles. The summed E-state index contributed by atoms with van der Waals surface area (Å²) in [5, 5.41) is 12.9. The molecule has 2 rings (SSSR count). The van der Waals surface area contributed by atoms with Crippen molar-refractivity contribution in [1.29, 1.82) is 0 Å². The molecule has 1 amide bonds. The molecule has 0 aromatic carbocycles. The number of carbonyl (C=O) groups excluding carboxylic acids is 1. The van der Waals surface area contributed by atoms with Crippen LogP contribution in [0.1, 0.15) is 16.8 Å². The van der Waals surface area contributed by atoms with Gasteiger partial charge in [-0.1, -0.05) is 0 Å². The molecule has 1 aliphatic heterocycles. The molecule has 1 aliphatic rings. The van der Waals surface area contributed by atoms with Gasteiger partial charge in [0.15, 0.2) is 0 Å². The first-order valence-electron chi connectivity index (χ1n) is 5.29. The number of carboxylic acids is 1. The number of sulfonamides is 1. The van der Waals surface area contributed by atoms with Gasteiger partial charge in [0.1, 0.15) is 5.25 Å². The highest BCUT2D eigenvalue weighted by molar-refractivity contribution is 7.89. The van der Waals surface area contributed by atoms with Crippen LogP contribution in [0.3, 0.4) is 0 Å². The van der Waals surface area contributed by atoms with Crippen molar-refractivity contribution in [2.45, 2.75) is 11.7 Å². The van der Waals surface area contributed by atoms with Crippen molar-refractivity contribution in [1.82, 2.24) is 4.98 Å². The predicted octanol–water partition coefficient (Wildman–Crippen LogP) is -0.826. The van der Waals surface area contributed by atoms with E-state index in [0.717, 1.165) is 6.20 Å². The third-order valence-corrected chi connectivity index (χ3v) is 4.08. The number of aromatic nitrogens is 1. The molecule has 0 radical (unpaired) electrons. The molecular formula is C10H11N3O5S. The Morgan fingerprint density at radius 2 is 2.16 bits per heavy atom. The maximum Gasteiger partial charge on any atom is 0.337 e. The molecule has 1 aromatic rings. The van der Waals surface area contributed by atoms with Gasteiger partial charge in [0.25, 0.3) is 0 Å². The molecule has 1 unspecified atom stereocenters. The maximum absolute atomic E-state index is 11.7. The smallest absolute Gasteiger partial charge is 0.337 e. The fourth-order valence-corrected chi connectivity index (χ4v) is 2.57. The molecule has 8 nitrogen and oxygen atoms in total. The normalized spacial score (nSPS) is 19.7. The number of hydrogen-bond acceptors (Lipinski definition) is 5. The standard InChI is InChI=1S/C10H11N3O5S/c11-19(17,18)8-2-9(14)13(5-8)7-1-6(10(15)16)3-12-4-7/h1,3-4,8H,2,5H2,(H,15,16)(H2,11,17,18). The van der Waals surface area contributed by atoms with E-state index in [-0.39, 0.29) is 24.2 Å². The number of primary sulfonamides is 1. The van der Waals surface area contributed by atoms with Crippen LogP contribution in [0.15, 0.2) is 18.5 Å². The van der Waals surface area contributed by atoms with Crippen molar-refractivity contribution in [3.8, 4) is 0 Å². The van der Waals surface area contributed by atoms with Crippen LogP contribution < -0.4 is 10.0 Å². The lowest BCUT2D eigenvalue weighted by molar-refractivity contribution is -0.117. The monoisotopic (exact) mass is 285 g/mol. The van der Waals surface area contributed by atoms with E-state index in [1.54, 1.807) is 0 Å². The van der Waals surface area contributed by atoms with Crippen molar-refractivity contribution in [3.63, 3.8) is 0 Å². The van der Waals surface area contributed by atoms with Crippen LogP contribution in [-0.4, -0.2) is 42.2 Å². The lowest BCUT2D eigenvalue weighted by Crippen LogP contribution is -2.32. The second-order valence-electron chi connectivity index (χ2n) is 4.16. The highest BCUT2D eigenvalue weighted by Crippen LogP contribution is 2.24. The number of hydrogen-bond donors (Lipinski definition) is 2. The number of amides is 1. The zero-order valence-electron chi connectivity index (χ0n) is 9.68. The minimum atomic E-state index is -3.80. The first kappa shape index (κ1) is 13.4. The van der Waals surface area contributed by atoms with E-state index in [1.807, 2.05) is 0 Å². The van der Waals surface area contributed by atoms with Gasteiger partial charge in [-0.15, -0.1) is 0 Å².